The molecule has 1 N–H and O–H groups in total. The number of fused-ring (bicyclic) bond motifs is 1. The maximum atomic E-state index is 12.7. The minimum absolute atomic E-state index is 0.0187. The van der Waals surface area contributed by atoms with Crippen LogP contribution in [0.5, 0.6) is 0 Å². The van der Waals surface area contributed by atoms with Crippen molar-refractivity contribution in [1.29, 1.82) is 0 Å². The van der Waals surface area contributed by atoms with Crippen molar-refractivity contribution in [2.24, 2.45) is 0 Å². The molecule has 7 nitrogen and oxygen atoms in total. The normalized spacial score (nSPS) is 18.7. The second-order valence-electron chi connectivity index (χ2n) is 6.61. The summed E-state index contributed by atoms with van der Waals surface area (Å²) < 4.78 is 1.59. The smallest absolute Gasteiger partial charge is 0.255 e. The second kappa shape index (κ2) is 7.20. The van der Waals surface area contributed by atoms with E-state index in [1.54, 1.807) is 29.0 Å². The molecule has 2 unspecified atom stereocenters. The van der Waals surface area contributed by atoms with Gasteiger partial charge < -0.3 is 0 Å². The SMILES string of the molecule is CC1NCn2c(nc(-c3ccncn3)cc2=O)C1CC(=O)c1ccccc1. The minimum Gasteiger partial charge on any atom is -0.296 e. The van der Waals surface area contributed by atoms with Crippen LogP contribution in [0.2, 0.25) is 0 Å². The third kappa shape index (κ3) is 3.41. The van der Waals surface area contributed by atoms with Gasteiger partial charge in [-0.25, -0.2) is 15.0 Å². The van der Waals surface area contributed by atoms with Crippen molar-refractivity contribution in [3.05, 3.63) is 76.7 Å². The van der Waals surface area contributed by atoms with Crippen LogP contribution in [0, 0.1) is 0 Å². The lowest BCUT2D eigenvalue weighted by Crippen LogP contribution is -2.46. The first kappa shape index (κ1) is 17.2. The molecule has 2 aromatic heterocycles. The Balaban J connectivity index is 1.74. The number of hydrogen-bond donors (Lipinski definition) is 1. The first-order valence-electron chi connectivity index (χ1n) is 8.83. The summed E-state index contributed by atoms with van der Waals surface area (Å²) in [4.78, 5) is 38.2. The van der Waals surface area contributed by atoms with Gasteiger partial charge in [-0.15, -0.1) is 0 Å². The molecule has 27 heavy (non-hydrogen) atoms. The summed E-state index contributed by atoms with van der Waals surface area (Å²) >= 11 is 0. The van der Waals surface area contributed by atoms with Crippen LogP contribution in [-0.4, -0.2) is 31.3 Å². The fraction of sp³-hybridized carbons (Fsp3) is 0.250. The first-order chi connectivity index (χ1) is 13.1. The number of Topliss-reactive ketones (excluding diaryl/α,β-unsaturated/α-hetero) is 1. The summed E-state index contributed by atoms with van der Waals surface area (Å²) in [5.41, 5.74) is 1.59. The standard InChI is InChI=1S/C20H19N5O2/c1-13-15(9-18(26)14-5-3-2-4-6-14)20-24-17(16-7-8-21-11-22-16)10-19(27)25(20)12-23-13/h2-8,10-11,13,15,23H,9,12H2,1H3. The van der Waals surface area contributed by atoms with Crippen molar-refractivity contribution in [1.82, 2.24) is 24.8 Å². The van der Waals surface area contributed by atoms with E-state index >= 15 is 0 Å². The number of nitrogens with one attached hydrogen (secondary N) is 1. The number of rotatable bonds is 4. The monoisotopic (exact) mass is 361 g/mol. The molecule has 136 valence electrons. The highest BCUT2D eigenvalue weighted by Crippen LogP contribution is 2.27. The molecular formula is C20H19N5O2. The molecule has 0 spiro atoms. The molecule has 0 bridgehead atoms. The molecule has 0 radical (unpaired) electrons. The van der Waals surface area contributed by atoms with Crippen LogP contribution in [0.15, 0.2) is 59.8 Å². The fourth-order valence-electron chi connectivity index (χ4n) is 3.35. The Bertz CT molecular complexity index is 1020. The topological polar surface area (TPSA) is 89.8 Å². The van der Waals surface area contributed by atoms with Crippen LogP contribution in [0.4, 0.5) is 0 Å². The highest BCUT2D eigenvalue weighted by Gasteiger charge is 2.31. The van der Waals surface area contributed by atoms with Crippen LogP contribution in [0.1, 0.15) is 35.4 Å². The van der Waals surface area contributed by atoms with Gasteiger partial charge in [0, 0.05) is 36.2 Å². The van der Waals surface area contributed by atoms with Crippen molar-refractivity contribution in [3.63, 3.8) is 0 Å². The molecule has 1 aliphatic rings. The van der Waals surface area contributed by atoms with Crippen LogP contribution < -0.4 is 10.9 Å². The molecule has 0 fully saturated rings. The zero-order chi connectivity index (χ0) is 18.8. The number of hydrogen-bond acceptors (Lipinski definition) is 6. The summed E-state index contributed by atoms with van der Waals surface area (Å²) in [6.45, 7) is 2.39. The molecule has 0 amide bonds. The predicted molar refractivity (Wildman–Crippen MR) is 100 cm³/mol. The van der Waals surface area contributed by atoms with Gasteiger partial charge in [0.15, 0.2) is 5.78 Å². The van der Waals surface area contributed by atoms with Crippen LogP contribution in [-0.2, 0) is 6.67 Å². The Kier molecular flexibility index (Phi) is 4.60. The molecule has 0 aliphatic carbocycles. The molecule has 0 saturated carbocycles. The average Bonchev–Trinajstić information content (AvgIpc) is 2.71. The van der Waals surface area contributed by atoms with Gasteiger partial charge >= 0.3 is 0 Å². The minimum atomic E-state index is -0.207. The van der Waals surface area contributed by atoms with Crippen LogP contribution in [0.3, 0.4) is 0 Å². The predicted octanol–water partition coefficient (Wildman–Crippen LogP) is 2.01. The van der Waals surface area contributed by atoms with Gasteiger partial charge in [-0.2, -0.15) is 0 Å². The van der Waals surface area contributed by atoms with E-state index in [9.17, 15) is 9.59 Å². The zero-order valence-corrected chi connectivity index (χ0v) is 14.9. The number of ketones is 1. The van der Waals surface area contributed by atoms with E-state index in [4.69, 9.17) is 4.98 Å². The van der Waals surface area contributed by atoms with E-state index in [0.29, 0.717) is 29.4 Å². The Labute approximate surface area is 156 Å². The number of carbonyl (C=O) groups excluding carboxylic acids is 1. The summed E-state index contributed by atoms with van der Waals surface area (Å²) in [6.07, 6.45) is 3.31. The van der Waals surface area contributed by atoms with E-state index in [2.05, 4.69) is 15.3 Å². The molecule has 7 heteroatoms. The quantitative estimate of drug-likeness (QED) is 0.715. The van der Waals surface area contributed by atoms with Crippen molar-refractivity contribution >= 4 is 5.78 Å². The van der Waals surface area contributed by atoms with Gasteiger partial charge in [0.05, 0.1) is 18.1 Å². The maximum absolute atomic E-state index is 12.7. The molecule has 0 saturated heterocycles. The lowest BCUT2D eigenvalue weighted by Gasteiger charge is -2.32. The van der Waals surface area contributed by atoms with Crippen LogP contribution in [0.25, 0.3) is 11.4 Å². The number of benzene rings is 1. The Morgan fingerprint density at radius 3 is 2.78 bits per heavy atom. The molecular weight excluding hydrogens is 342 g/mol. The maximum Gasteiger partial charge on any atom is 0.255 e. The fourth-order valence-corrected chi connectivity index (χ4v) is 3.35. The summed E-state index contributed by atoms with van der Waals surface area (Å²) in [5, 5.41) is 3.29. The van der Waals surface area contributed by atoms with Crippen molar-refractivity contribution in [3.8, 4) is 11.4 Å². The number of aromatic nitrogens is 4. The average molecular weight is 361 g/mol. The molecule has 4 rings (SSSR count). The Hall–Kier alpha value is -3.19. The van der Waals surface area contributed by atoms with E-state index in [-0.39, 0.29) is 29.7 Å². The van der Waals surface area contributed by atoms with Gasteiger partial charge in [0.1, 0.15) is 12.2 Å². The molecule has 3 heterocycles. The van der Waals surface area contributed by atoms with E-state index < -0.39 is 0 Å². The lowest BCUT2D eigenvalue weighted by molar-refractivity contribution is 0.0960. The zero-order valence-electron chi connectivity index (χ0n) is 14.9. The molecule has 1 aromatic carbocycles. The molecule has 2 atom stereocenters. The third-order valence-corrected chi connectivity index (χ3v) is 4.89. The van der Waals surface area contributed by atoms with Crippen molar-refractivity contribution in [2.75, 3.05) is 0 Å². The van der Waals surface area contributed by atoms with Gasteiger partial charge in [0.2, 0.25) is 0 Å². The first-order valence-corrected chi connectivity index (χ1v) is 8.83. The van der Waals surface area contributed by atoms with E-state index in [1.807, 2.05) is 25.1 Å². The largest absolute Gasteiger partial charge is 0.296 e. The summed E-state index contributed by atoms with van der Waals surface area (Å²) in [6, 6.07) is 12.4. The van der Waals surface area contributed by atoms with Gasteiger partial charge in [-0.1, -0.05) is 30.3 Å². The van der Waals surface area contributed by atoms with Gasteiger partial charge in [-0.3, -0.25) is 19.5 Å². The van der Waals surface area contributed by atoms with Crippen LogP contribution >= 0.6 is 0 Å². The lowest BCUT2D eigenvalue weighted by atomic mass is 9.90. The van der Waals surface area contributed by atoms with E-state index in [0.717, 1.165) is 0 Å². The molecule has 3 aromatic rings. The van der Waals surface area contributed by atoms with Crippen molar-refractivity contribution < 1.29 is 4.79 Å². The number of nitrogens with zero attached hydrogens (tertiary/aromatic N) is 4. The summed E-state index contributed by atoms with van der Waals surface area (Å²) in [7, 11) is 0. The van der Waals surface area contributed by atoms with E-state index in [1.165, 1.54) is 12.4 Å². The number of carbonyl (C=O) groups is 1. The van der Waals surface area contributed by atoms with Crippen molar-refractivity contribution in [2.45, 2.75) is 32.0 Å². The van der Waals surface area contributed by atoms with Gasteiger partial charge in [-0.05, 0) is 13.0 Å². The highest BCUT2D eigenvalue weighted by atomic mass is 16.1. The molecule has 1 aliphatic heterocycles. The summed E-state index contributed by atoms with van der Waals surface area (Å²) in [5.74, 6) is 0.442. The third-order valence-electron chi connectivity index (χ3n) is 4.89. The Morgan fingerprint density at radius 2 is 2.04 bits per heavy atom. The highest BCUT2D eigenvalue weighted by molar-refractivity contribution is 5.96. The Morgan fingerprint density at radius 1 is 1.22 bits per heavy atom. The van der Waals surface area contributed by atoms with Gasteiger partial charge in [0.25, 0.3) is 5.56 Å². The second-order valence-corrected chi connectivity index (χ2v) is 6.61.